The Balaban J connectivity index is 1.40. The first-order valence-corrected chi connectivity index (χ1v) is 14.7. The average molecular weight is 631 g/mol. The van der Waals surface area contributed by atoms with Crippen molar-refractivity contribution in [3.8, 4) is 28.0 Å². The maximum absolute atomic E-state index is 15.6. The van der Waals surface area contributed by atoms with E-state index in [-0.39, 0.29) is 24.4 Å². The van der Waals surface area contributed by atoms with Crippen LogP contribution in [-0.2, 0) is 25.7 Å². The number of nitrogens with zero attached hydrogens (tertiary/aromatic N) is 2. The Hall–Kier alpha value is -5.14. The molecule has 12 nitrogen and oxygen atoms in total. The summed E-state index contributed by atoms with van der Waals surface area (Å²) in [6.45, 7) is 3.80. The minimum Gasteiger partial charge on any atom is -0.496 e. The van der Waals surface area contributed by atoms with Gasteiger partial charge in [-0.25, -0.2) is 14.6 Å². The number of hydrogen-bond acceptors (Lipinski definition) is 8. The van der Waals surface area contributed by atoms with Crippen LogP contribution in [0.1, 0.15) is 29.5 Å². The molecular weight excluding hydrogens is 595 g/mol. The highest BCUT2D eigenvalue weighted by molar-refractivity contribution is 6.15. The lowest BCUT2D eigenvalue weighted by Crippen LogP contribution is -2.66. The lowest BCUT2D eigenvalue weighted by molar-refractivity contribution is -0.139. The van der Waals surface area contributed by atoms with Gasteiger partial charge in [-0.1, -0.05) is 30.3 Å². The maximum atomic E-state index is 15.6. The lowest BCUT2D eigenvalue weighted by atomic mass is 9.90. The standard InChI is InChI=1S/C33H35FN6O6/c1-17-20(19-14-24(34)23(27(15-19)46-5)16-35-26-12-13-28(41)37-30(26)42)8-6-9-21(17)22-10-7-11-25(18(22)2)36-31(43)29-32(44)39(3)33(45)40(4)38-29/h6-11,14-15,26,29,35,38H,12-13,16H2,1-5H3,(H,36,43)(H,37,41,42)/t26-,29?/m1/s1. The summed E-state index contributed by atoms with van der Waals surface area (Å²) < 4.78 is 21.1. The maximum Gasteiger partial charge on any atom is 0.340 e. The third-order valence-corrected chi connectivity index (χ3v) is 8.40. The van der Waals surface area contributed by atoms with Gasteiger partial charge in [-0.05, 0) is 71.8 Å². The average Bonchev–Trinajstić information content (AvgIpc) is 3.02. The highest BCUT2D eigenvalue weighted by Gasteiger charge is 2.39. The molecule has 1 unspecified atom stereocenters. The molecular formula is C33H35FN6O6. The molecule has 46 heavy (non-hydrogen) atoms. The molecule has 0 radical (unpaired) electrons. The molecule has 2 fully saturated rings. The Morgan fingerprint density at radius 1 is 1.00 bits per heavy atom. The number of piperidine rings is 1. The van der Waals surface area contributed by atoms with Gasteiger partial charge in [-0.3, -0.25) is 34.4 Å². The summed E-state index contributed by atoms with van der Waals surface area (Å²) in [7, 11) is 4.20. The highest BCUT2D eigenvalue weighted by atomic mass is 19.1. The number of urea groups is 1. The number of ether oxygens (including phenoxy) is 1. The van der Waals surface area contributed by atoms with E-state index >= 15 is 4.39 Å². The molecule has 0 aliphatic carbocycles. The zero-order chi connectivity index (χ0) is 33.3. The molecule has 3 aromatic carbocycles. The Labute approximate surface area is 265 Å². The highest BCUT2D eigenvalue weighted by Crippen LogP contribution is 2.37. The van der Waals surface area contributed by atoms with Crippen LogP contribution in [0.2, 0.25) is 0 Å². The Morgan fingerprint density at radius 2 is 1.67 bits per heavy atom. The van der Waals surface area contributed by atoms with Gasteiger partial charge in [0.2, 0.25) is 11.8 Å². The van der Waals surface area contributed by atoms with E-state index < -0.39 is 41.7 Å². The monoisotopic (exact) mass is 630 g/mol. The number of amides is 6. The minimum atomic E-state index is -1.28. The molecule has 2 heterocycles. The quantitative estimate of drug-likeness (QED) is 0.219. The second-order valence-electron chi connectivity index (χ2n) is 11.3. The van der Waals surface area contributed by atoms with Gasteiger partial charge in [0.1, 0.15) is 11.6 Å². The summed E-state index contributed by atoms with van der Waals surface area (Å²) in [6, 6.07) is 11.8. The molecule has 0 saturated carbocycles. The van der Waals surface area contributed by atoms with Gasteiger partial charge in [-0.15, -0.1) is 0 Å². The van der Waals surface area contributed by atoms with Crippen LogP contribution in [0.4, 0.5) is 14.9 Å². The number of likely N-dealkylation sites (N-methyl/N-ethyl adjacent to an activating group) is 1. The van der Waals surface area contributed by atoms with Gasteiger partial charge in [0, 0.05) is 38.3 Å². The Morgan fingerprint density at radius 3 is 2.37 bits per heavy atom. The molecule has 6 amide bonds. The van der Waals surface area contributed by atoms with Crippen LogP contribution in [0.5, 0.6) is 5.75 Å². The van der Waals surface area contributed by atoms with Crippen LogP contribution in [0.3, 0.4) is 0 Å². The van der Waals surface area contributed by atoms with Crippen molar-refractivity contribution in [2.75, 3.05) is 26.5 Å². The minimum absolute atomic E-state index is 0.0309. The van der Waals surface area contributed by atoms with Crippen LogP contribution in [0.25, 0.3) is 22.3 Å². The number of benzene rings is 3. The van der Waals surface area contributed by atoms with Crippen molar-refractivity contribution in [3.05, 3.63) is 71.0 Å². The third kappa shape index (κ3) is 6.19. The van der Waals surface area contributed by atoms with E-state index in [0.29, 0.717) is 23.4 Å². The van der Waals surface area contributed by atoms with E-state index in [9.17, 15) is 24.0 Å². The predicted molar refractivity (Wildman–Crippen MR) is 168 cm³/mol. The van der Waals surface area contributed by atoms with Gasteiger partial charge in [0.15, 0.2) is 6.04 Å². The number of halogens is 1. The molecule has 0 spiro atoms. The number of carbonyl (C=O) groups is 5. The summed E-state index contributed by atoms with van der Waals surface area (Å²) in [5.74, 6) is -2.24. The predicted octanol–water partition coefficient (Wildman–Crippen LogP) is 3.02. The second kappa shape index (κ2) is 13.1. The number of imide groups is 2. The molecule has 2 saturated heterocycles. The number of carbonyl (C=O) groups excluding carboxylic acids is 5. The first-order chi connectivity index (χ1) is 21.9. The van der Waals surface area contributed by atoms with Crippen LogP contribution >= 0.6 is 0 Å². The number of hydrazine groups is 1. The van der Waals surface area contributed by atoms with Crippen LogP contribution in [-0.4, -0.2) is 72.9 Å². The van der Waals surface area contributed by atoms with Crippen molar-refractivity contribution in [2.24, 2.45) is 0 Å². The molecule has 0 bridgehead atoms. The third-order valence-electron chi connectivity index (χ3n) is 8.40. The van der Waals surface area contributed by atoms with Crippen molar-refractivity contribution in [3.63, 3.8) is 0 Å². The first-order valence-electron chi connectivity index (χ1n) is 14.7. The van der Waals surface area contributed by atoms with Gasteiger partial charge in [0.25, 0.3) is 11.8 Å². The molecule has 2 aliphatic heterocycles. The number of rotatable bonds is 8. The molecule has 3 aromatic rings. The number of methoxy groups -OCH3 is 1. The van der Waals surface area contributed by atoms with Gasteiger partial charge in [0.05, 0.1) is 13.2 Å². The van der Waals surface area contributed by atoms with E-state index in [0.717, 1.165) is 37.7 Å². The van der Waals surface area contributed by atoms with Gasteiger partial charge >= 0.3 is 6.03 Å². The summed E-state index contributed by atoms with van der Waals surface area (Å²) in [5.41, 5.74) is 8.00. The summed E-state index contributed by atoms with van der Waals surface area (Å²) in [6.07, 6.45) is 0.537. The van der Waals surface area contributed by atoms with Crippen LogP contribution in [0.15, 0.2) is 48.5 Å². The van der Waals surface area contributed by atoms with Gasteiger partial charge in [-0.2, -0.15) is 0 Å². The van der Waals surface area contributed by atoms with Gasteiger partial charge < -0.3 is 15.4 Å². The molecule has 13 heteroatoms. The molecule has 2 atom stereocenters. The molecule has 240 valence electrons. The van der Waals surface area contributed by atoms with Crippen LogP contribution in [0, 0.1) is 19.7 Å². The van der Waals surface area contributed by atoms with Crippen LogP contribution < -0.4 is 26.1 Å². The van der Waals surface area contributed by atoms with E-state index in [1.807, 2.05) is 38.1 Å². The zero-order valence-electron chi connectivity index (χ0n) is 26.1. The first kappa shape index (κ1) is 32.3. The second-order valence-corrected chi connectivity index (χ2v) is 11.3. The van der Waals surface area contributed by atoms with E-state index in [1.54, 1.807) is 18.2 Å². The van der Waals surface area contributed by atoms with Crippen molar-refractivity contribution in [1.82, 2.24) is 26.0 Å². The fourth-order valence-corrected chi connectivity index (χ4v) is 5.73. The molecule has 2 aliphatic rings. The summed E-state index contributed by atoms with van der Waals surface area (Å²) >= 11 is 0. The lowest BCUT2D eigenvalue weighted by Gasteiger charge is -2.34. The van der Waals surface area contributed by atoms with Crippen molar-refractivity contribution in [2.45, 2.75) is 45.3 Å². The number of nitrogens with one attached hydrogen (secondary N) is 4. The molecule has 0 aromatic heterocycles. The zero-order valence-corrected chi connectivity index (χ0v) is 26.1. The normalized spacial score (nSPS) is 18.5. The SMILES string of the molecule is COc1cc(-c2cccc(-c3cccc(NC(=O)C4NN(C)C(=O)N(C)C4=O)c3C)c2C)cc(F)c1CN[C@@H]1CCC(=O)NC1=O. The fraction of sp³-hybridized carbons (Fsp3) is 0.303. The van der Waals surface area contributed by atoms with E-state index in [1.165, 1.54) is 27.3 Å². The molecule has 4 N–H and O–H groups in total. The Kier molecular flexibility index (Phi) is 9.17. The number of anilines is 1. The largest absolute Gasteiger partial charge is 0.496 e. The van der Waals surface area contributed by atoms with Crippen molar-refractivity contribution >= 4 is 35.3 Å². The smallest absolute Gasteiger partial charge is 0.340 e. The van der Waals surface area contributed by atoms with E-state index in [4.69, 9.17) is 4.74 Å². The van der Waals surface area contributed by atoms with Crippen molar-refractivity contribution < 1.29 is 33.1 Å². The van der Waals surface area contributed by atoms with E-state index in [2.05, 4.69) is 21.4 Å². The Bertz CT molecular complexity index is 1760. The molecule has 5 rings (SSSR count). The summed E-state index contributed by atoms with van der Waals surface area (Å²) in [5, 5.41) is 9.21. The summed E-state index contributed by atoms with van der Waals surface area (Å²) in [4.78, 5) is 62.3. The number of hydrogen-bond donors (Lipinski definition) is 4. The topological polar surface area (TPSA) is 149 Å². The fourth-order valence-electron chi connectivity index (χ4n) is 5.73. The van der Waals surface area contributed by atoms with Crippen molar-refractivity contribution in [1.29, 1.82) is 0 Å².